The van der Waals surface area contributed by atoms with Crippen LogP contribution in [0.4, 0.5) is 5.82 Å². The number of nitrogens with one attached hydrogen (secondary N) is 1. The van der Waals surface area contributed by atoms with Crippen LogP contribution in [0.3, 0.4) is 0 Å². The molecule has 0 amide bonds. The second-order valence-corrected chi connectivity index (χ2v) is 9.04. The standard InChI is InChI=1S/C17H14BrN5O2S2/c1-11-5-7-12(8-6-11)9-23-10-13(18)17(19-23)22-27(24,25)15-4-2-3-14-16(15)21-26-20-14/h2-8,10H,9H2,1H3,(H,19,22). The molecule has 138 valence electrons. The van der Waals surface area contributed by atoms with E-state index in [-0.39, 0.29) is 10.7 Å². The van der Waals surface area contributed by atoms with E-state index in [2.05, 4.69) is 34.5 Å². The van der Waals surface area contributed by atoms with Gasteiger partial charge in [-0.15, -0.1) is 0 Å². The summed E-state index contributed by atoms with van der Waals surface area (Å²) in [5, 5.41) is 4.35. The highest BCUT2D eigenvalue weighted by molar-refractivity contribution is 9.10. The second kappa shape index (κ2) is 7.02. The Bertz CT molecular complexity index is 1220. The van der Waals surface area contributed by atoms with E-state index < -0.39 is 10.0 Å². The molecule has 2 heterocycles. The summed E-state index contributed by atoms with van der Waals surface area (Å²) in [6.45, 7) is 2.56. The monoisotopic (exact) mass is 463 g/mol. The van der Waals surface area contributed by atoms with E-state index in [1.807, 2.05) is 31.2 Å². The third-order valence-corrected chi connectivity index (χ3v) is 6.45. The zero-order valence-electron chi connectivity index (χ0n) is 14.1. The molecule has 0 radical (unpaired) electrons. The molecule has 0 fully saturated rings. The predicted octanol–water partition coefficient (Wildman–Crippen LogP) is 3.81. The summed E-state index contributed by atoms with van der Waals surface area (Å²) < 4.78 is 38.6. The smallest absolute Gasteiger partial charge is 0.265 e. The lowest BCUT2D eigenvalue weighted by atomic mass is 10.1. The Kier molecular flexibility index (Phi) is 4.70. The molecule has 0 aliphatic rings. The summed E-state index contributed by atoms with van der Waals surface area (Å²) in [4.78, 5) is 0.0775. The van der Waals surface area contributed by atoms with Gasteiger partial charge in [0.2, 0.25) is 0 Å². The van der Waals surface area contributed by atoms with Gasteiger partial charge in [-0.1, -0.05) is 35.9 Å². The molecule has 2 aromatic carbocycles. The largest absolute Gasteiger partial charge is 0.265 e. The number of fused-ring (bicyclic) bond motifs is 1. The van der Waals surface area contributed by atoms with Crippen molar-refractivity contribution >= 4 is 54.5 Å². The van der Waals surface area contributed by atoms with Crippen LogP contribution in [0.2, 0.25) is 0 Å². The summed E-state index contributed by atoms with van der Waals surface area (Å²) >= 11 is 4.35. The van der Waals surface area contributed by atoms with Gasteiger partial charge in [0, 0.05) is 6.20 Å². The van der Waals surface area contributed by atoms with E-state index in [9.17, 15) is 8.42 Å². The first-order valence-corrected chi connectivity index (χ1v) is 11.0. The summed E-state index contributed by atoms with van der Waals surface area (Å²) in [6, 6.07) is 13.0. The summed E-state index contributed by atoms with van der Waals surface area (Å²) in [5.74, 6) is 0.224. The van der Waals surface area contributed by atoms with Gasteiger partial charge in [-0.05, 0) is 40.5 Å². The molecule has 0 spiro atoms. The average Bonchev–Trinajstić information content (AvgIpc) is 3.23. The molecule has 2 aromatic heterocycles. The number of sulfonamides is 1. The highest BCUT2D eigenvalue weighted by Crippen LogP contribution is 2.27. The number of rotatable bonds is 5. The first kappa shape index (κ1) is 18.1. The Balaban J connectivity index is 1.61. The zero-order chi connectivity index (χ0) is 19.0. The SMILES string of the molecule is Cc1ccc(Cn2cc(Br)c(NS(=O)(=O)c3cccc4nsnc34)n2)cc1. The zero-order valence-corrected chi connectivity index (χ0v) is 17.3. The van der Waals surface area contributed by atoms with Crippen LogP contribution in [0.5, 0.6) is 0 Å². The molecule has 0 aliphatic heterocycles. The number of anilines is 1. The molecule has 4 rings (SSSR count). The molecule has 0 saturated heterocycles. The third-order valence-electron chi connectivity index (χ3n) is 3.95. The van der Waals surface area contributed by atoms with Crippen LogP contribution < -0.4 is 4.72 Å². The third kappa shape index (κ3) is 3.73. The quantitative estimate of drug-likeness (QED) is 0.485. The Morgan fingerprint density at radius 2 is 1.93 bits per heavy atom. The highest BCUT2D eigenvalue weighted by Gasteiger charge is 2.22. The van der Waals surface area contributed by atoms with E-state index in [0.29, 0.717) is 22.1 Å². The highest BCUT2D eigenvalue weighted by atomic mass is 79.9. The molecule has 4 aromatic rings. The molecule has 10 heteroatoms. The Morgan fingerprint density at radius 1 is 1.15 bits per heavy atom. The van der Waals surface area contributed by atoms with Crippen molar-refractivity contribution in [1.82, 2.24) is 18.5 Å². The molecular formula is C17H14BrN5O2S2. The van der Waals surface area contributed by atoms with Crippen LogP contribution >= 0.6 is 27.7 Å². The summed E-state index contributed by atoms with van der Waals surface area (Å²) in [7, 11) is -3.85. The first-order valence-electron chi connectivity index (χ1n) is 7.95. The van der Waals surface area contributed by atoms with Gasteiger partial charge in [-0.2, -0.15) is 13.8 Å². The van der Waals surface area contributed by atoms with Crippen LogP contribution in [0.25, 0.3) is 11.0 Å². The molecule has 7 nitrogen and oxygen atoms in total. The van der Waals surface area contributed by atoms with Gasteiger partial charge < -0.3 is 0 Å². The summed E-state index contributed by atoms with van der Waals surface area (Å²) in [6.07, 6.45) is 1.74. The van der Waals surface area contributed by atoms with Crippen molar-refractivity contribution in [2.75, 3.05) is 4.72 Å². The molecular weight excluding hydrogens is 450 g/mol. The van der Waals surface area contributed by atoms with Gasteiger partial charge in [-0.25, -0.2) is 8.42 Å². The number of aromatic nitrogens is 4. The Hall–Kier alpha value is -2.30. The first-order chi connectivity index (χ1) is 12.9. The molecule has 0 saturated carbocycles. The van der Waals surface area contributed by atoms with Gasteiger partial charge in [-0.3, -0.25) is 9.40 Å². The normalized spacial score (nSPS) is 11.8. The van der Waals surface area contributed by atoms with Crippen LogP contribution in [-0.2, 0) is 16.6 Å². The fourth-order valence-electron chi connectivity index (χ4n) is 2.61. The second-order valence-electron chi connectivity index (χ2n) is 6.00. The van der Waals surface area contributed by atoms with Crippen molar-refractivity contribution in [2.24, 2.45) is 0 Å². The van der Waals surface area contributed by atoms with Crippen LogP contribution in [0.15, 0.2) is 58.0 Å². The van der Waals surface area contributed by atoms with Crippen molar-refractivity contribution in [3.8, 4) is 0 Å². The number of aryl methyl sites for hydroxylation is 1. The minimum Gasteiger partial charge on any atom is -0.265 e. The topological polar surface area (TPSA) is 89.8 Å². The molecule has 0 aliphatic carbocycles. The Morgan fingerprint density at radius 3 is 2.70 bits per heavy atom. The molecule has 1 N–H and O–H groups in total. The average molecular weight is 464 g/mol. The van der Waals surface area contributed by atoms with E-state index in [0.717, 1.165) is 17.3 Å². The minimum absolute atomic E-state index is 0.0775. The fourth-order valence-corrected chi connectivity index (χ4v) is 4.94. The van der Waals surface area contributed by atoms with Gasteiger partial charge >= 0.3 is 0 Å². The Labute approximate surface area is 168 Å². The maximum absolute atomic E-state index is 12.8. The van der Waals surface area contributed by atoms with E-state index >= 15 is 0 Å². The number of hydrogen-bond donors (Lipinski definition) is 1. The van der Waals surface area contributed by atoms with Gasteiger partial charge in [0.25, 0.3) is 10.0 Å². The lowest BCUT2D eigenvalue weighted by Gasteiger charge is -2.06. The van der Waals surface area contributed by atoms with Crippen LogP contribution in [-0.4, -0.2) is 26.9 Å². The lowest BCUT2D eigenvalue weighted by Crippen LogP contribution is -2.14. The van der Waals surface area contributed by atoms with Gasteiger partial charge in [0.05, 0.1) is 22.7 Å². The molecule has 0 bridgehead atoms. The maximum atomic E-state index is 12.8. The number of benzene rings is 2. The number of halogens is 1. The molecule has 0 atom stereocenters. The fraction of sp³-hybridized carbons (Fsp3) is 0.118. The molecule has 0 unspecified atom stereocenters. The van der Waals surface area contributed by atoms with Gasteiger partial charge in [0.15, 0.2) is 5.82 Å². The van der Waals surface area contributed by atoms with Crippen molar-refractivity contribution in [2.45, 2.75) is 18.4 Å². The van der Waals surface area contributed by atoms with Crippen LogP contribution in [0, 0.1) is 6.92 Å². The van der Waals surface area contributed by atoms with Gasteiger partial charge in [0.1, 0.15) is 15.9 Å². The van der Waals surface area contributed by atoms with E-state index in [1.165, 1.54) is 11.6 Å². The lowest BCUT2D eigenvalue weighted by molar-refractivity contribution is 0.601. The predicted molar refractivity (Wildman–Crippen MR) is 108 cm³/mol. The molecule has 27 heavy (non-hydrogen) atoms. The van der Waals surface area contributed by atoms with Crippen LogP contribution in [0.1, 0.15) is 11.1 Å². The minimum atomic E-state index is -3.85. The maximum Gasteiger partial charge on any atom is 0.265 e. The van der Waals surface area contributed by atoms with Crippen molar-refractivity contribution in [3.63, 3.8) is 0 Å². The van der Waals surface area contributed by atoms with Crippen molar-refractivity contribution in [3.05, 3.63) is 64.3 Å². The van der Waals surface area contributed by atoms with Crippen molar-refractivity contribution in [1.29, 1.82) is 0 Å². The van der Waals surface area contributed by atoms with E-state index in [4.69, 9.17) is 0 Å². The van der Waals surface area contributed by atoms with Crippen molar-refractivity contribution < 1.29 is 8.42 Å². The number of nitrogens with zero attached hydrogens (tertiary/aromatic N) is 4. The number of hydrogen-bond acceptors (Lipinski definition) is 6. The van der Waals surface area contributed by atoms with E-state index in [1.54, 1.807) is 23.0 Å². The summed E-state index contributed by atoms with van der Waals surface area (Å²) in [5.41, 5.74) is 3.15.